The molecule has 1 N–H and O–H groups in total. The van der Waals surface area contributed by atoms with E-state index in [4.69, 9.17) is 4.74 Å². The van der Waals surface area contributed by atoms with E-state index in [1.807, 2.05) is 44.2 Å². The molecule has 0 aliphatic rings. The molecule has 2 atom stereocenters. The minimum absolute atomic E-state index is 0.102. The number of carbonyl (C=O) groups excluding carboxylic acids is 1. The lowest BCUT2D eigenvalue weighted by Gasteiger charge is -2.22. The van der Waals surface area contributed by atoms with Crippen LogP contribution in [0.5, 0.6) is 0 Å². The molecule has 0 bridgehead atoms. The summed E-state index contributed by atoms with van der Waals surface area (Å²) >= 11 is 3.27. The lowest BCUT2D eigenvalue weighted by atomic mass is 10.0. The summed E-state index contributed by atoms with van der Waals surface area (Å²) in [5, 5.41) is 0. The van der Waals surface area contributed by atoms with Gasteiger partial charge in [0.05, 0.1) is 4.90 Å². The fraction of sp³-hybridized carbons (Fsp3) is 0.316. The molecule has 5 nitrogen and oxygen atoms in total. The molecule has 0 aromatic heterocycles. The van der Waals surface area contributed by atoms with Crippen molar-refractivity contribution in [3.63, 3.8) is 0 Å². The van der Waals surface area contributed by atoms with Crippen molar-refractivity contribution in [3.05, 3.63) is 64.6 Å². The molecular weight excluding hydrogens is 418 g/mol. The normalized spacial score (nSPS) is 13.8. The quantitative estimate of drug-likeness (QED) is 0.633. The summed E-state index contributed by atoms with van der Waals surface area (Å²) in [5.41, 5.74) is 0.847. The van der Waals surface area contributed by atoms with Gasteiger partial charge in [-0.25, -0.2) is 8.42 Å². The Hall–Kier alpha value is -1.70. The van der Waals surface area contributed by atoms with Gasteiger partial charge in [0.1, 0.15) is 12.6 Å². The number of rotatable bonds is 8. The first kappa shape index (κ1) is 20.6. The van der Waals surface area contributed by atoms with Gasteiger partial charge < -0.3 is 4.74 Å². The van der Waals surface area contributed by atoms with Crippen LogP contribution in [0.1, 0.15) is 25.8 Å². The van der Waals surface area contributed by atoms with E-state index in [2.05, 4.69) is 20.7 Å². The van der Waals surface area contributed by atoms with Gasteiger partial charge in [-0.3, -0.25) is 4.79 Å². The molecule has 0 radical (unpaired) electrons. The van der Waals surface area contributed by atoms with Crippen molar-refractivity contribution in [2.75, 3.05) is 0 Å². The Balaban J connectivity index is 2.13. The predicted molar refractivity (Wildman–Crippen MR) is 104 cm³/mol. The predicted octanol–water partition coefficient (Wildman–Crippen LogP) is 3.89. The third-order valence-corrected chi connectivity index (χ3v) is 6.08. The van der Waals surface area contributed by atoms with Crippen LogP contribution in [0.25, 0.3) is 0 Å². The molecule has 26 heavy (non-hydrogen) atoms. The highest BCUT2D eigenvalue weighted by Crippen LogP contribution is 2.18. The van der Waals surface area contributed by atoms with Crippen LogP contribution in [0.15, 0.2) is 64.0 Å². The van der Waals surface area contributed by atoms with E-state index in [9.17, 15) is 13.2 Å². The largest absolute Gasteiger partial charge is 0.460 e. The second-order valence-corrected chi connectivity index (χ2v) is 8.66. The van der Waals surface area contributed by atoms with Gasteiger partial charge >= 0.3 is 5.97 Å². The number of benzene rings is 2. The summed E-state index contributed by atoms with van der Waals surface area (Å²) in [6, 6.07) is 14.6. The summed E-state index contributed by atoms with van der Waals surface area (Å²) in [5.74, 6) is -0.785. The van der Waals surface area contributed by atoms with E-state index < -0.39 is 22.0 Å². The van der Waals surface area contributed by atoms with Crippen LogP contribution in [-0.2, 0) is 26.2 Å². The molecule has 0 heterocycles. The van der Waals surface area contributed by atoms with Crippen molar-refractivity contribution in [2.45, 2.75) is 37.8 Å². The molecule has 2 aromatic rings. The van der Waals surface area contributed by atoms with Gasteiger partial charge in [0, 0.05) is 4.47 Å². The van der Waals surface area contributed by atoms with Crippen LogP contribution in [0, 0.1) is 5.92 Å². The molecule has 7 heteroatoms. The molecular formula is C19H22BrNO4S. The average Bonchev–Trinajstić information content (AvgIpc) is 2.65. The van der Waals surface area contributed by atoms with Gasteiger partial charge in [-0.05, 0) is 35.7 Å². The molecule has 0 aliphatic heterocycles. The maximum atomic E-state index is 12.6. The minimum Gasteiger partial charge on any atom is -0.460 e. The molecule has 0 unspecified atom stereocenters. The monoisotopic (exact) mass is 439 g/mol. The van der Waals surface area contributed by atoms with E-state index >= 15 is 0 Å². The first-order valence-corrected chi connectivity index (χ1v) is 10.6. The van der Waals surface area contributed by atoms with Crippen molar-refractivity contribution in [2.24, 2.45) is 5.92 Å². The number of esters is 1. The van der Waals surface area contributed by atoms with Crippen LogP contribution in [0.3, 0.4) is 0 Å². The zero-order valence-electron chi connectivity index (χ0n) is 14.7. The lowest BCUT2D eigenvalue weighted by molar-refractivity contribution is -0.148. The van der Waals surface area contributed by atoms with Crippen LogP contribution >= 0.6 is 15.9 Å². The van der Waals surface area contributed by atoms with E-state index in [0.29, 0.717) is 6.42 Å². The molecule has 0 aliphatic carbocycles. The molecule has 2 aromatic carbocycles. The van der Waals surface area contributed by atoms with Gasteiger partial charge in [0.15, 0.2) is 0 Å². The fourth-order valence-corrected chi connectivity index (χ4v) is 3.86. The van der Waals surface area contributed by atoms with E-state index in [1.165, 1.54) is 12.1 Å². The standard InChI is InChI=1S/C19H22BrNO4S/c1-3-14(2)18(19(22)25-13-15-7-5-4-6-8-15)21-26(23,24)17-11-9-16(20)10-12-17/h4-12,14,18,21H,3,13H2,1-2H3/t14-,18-/m0/s1. The minimum atomic E-state index is -3.83. The number of hydrogen-bond donors (Lipinski definition) is 1. The molecule has 0 fully saturated rings. The molecule has 0 spiro atoms. The average molecular weight is 440 g/mol. The SMILES string of the molecule is CC[C@H](C)[C@H](NS(=O)(=O)c1ccc(Br)cc1)C(=O)OCc1ccccc1. The number of nitrogens with one attached hydrogen (secondary N) is 1. The number of ether oxygens (including phenoxy) is 1. The number of hydrogen-bond acceptors (Lipinski definition) is 4. The van der Waals surface area contributed by atoms with Crippen LogP contribution in [-0.4, -0.2) is 20.4 Å². The Morgan fingerprint density at radius 3 is 2.31 bits per heavy atom. The van der Waals surface area contributed by atoms with E-state index in [-0.39, 0.29) is 17.4 Å². The number of halogens is 1. The highest BCUT2D eigenvalue weighted by molar-refractivity contribution is 9.10. The summed E-state index contributed by atoms with van der Waals surface area (Å²) in [6.45, 7) is 3.82. The van der Waals surface area contributed by atoms with Crippen molar-refractivity contribution in [1.82, 2.24) is 4.72 Å². The van der Waals surface area contributed by atoms with Crippen LogP contribution in [0.4, 0.5) is 0 Å². The third kappa shape index (κ3) is 5.65. The maximum Gasteiger partial charge on any atom is 0.324 e. The maximum absolute atomic E-state index is 12.6. The summed E-state index contributed by atoms with van der Waals surface area (Å²) in [7, 11) is -3.83. The zero-order chi connectivity index (χ0) is 19.2. The van der Waals surface area contributed by atoms with Crippen molar-refractivity contribution < 1.29 is 17.9 Å². The summed E-state index contributed by atoms with van der Waals surface area (Å²) < 4.78 is 33.9. The van der Waals surface area contributed by atoms with Crippen molar-refractivity contribution in [3.8, 4) is 0 Å². The Kier molecular flexibility index (Phi) is 7.37. The Morgan fingerprint density at radius 1 is 1.12 bits per heavy atom. The second-order valence-electron chi connectivity index (χ2n) is 6.03. The first-order valence-electron chi connectivity index (χ1n) is 8.32. The van der Waals surface area contributed by atoms with Gasteiger partial charge in [-0.2, -0.15) is 4.72 Å². The van der Waals surface area contributed by atoms with E-state index in [1.54, 1.807) is 12.1 Å². The van der Waals surface area contributed by atoms with Gasteiger partial charge in [0.25, 0.3) is 0 Å². The van der Waals surface area contributed by atoms with Crippen LogP contribution < -0.4 is 4.72 Å². The van der Waals surface area contributed by atoms with E-state index in [0.717, 1.165) is 10.0 Å². The van der Waals surface area contributed by atoms with Crippen molar-refractivity contribution >= 4 is 31.9 Å². The zero-order valence-corrected chi connectivity index (χ0v) is 17.1. The topological polar surface area (TPSA) is 72.5 Å². The Bertz CT molecular complexity index is 822. The number of sulfonamides is 1. The fourth-order valence-electron chi connectivity index (χ4n) is 2.30. The first-order chi connectivity index (χ1) is 12.3. The lowest BCUT2D eigenvalue weighted by Crippen LogP contribution is -2.45. The molecule has 140 valence electrons. The third-order valence-electron chi connectivity index (χ3n) is 4.10. The molecule has 2 rings (SSSR count). The number of carbonyl (C=O) groups is 1. The summed E-state index contributed by atoms with van der Waals surface area (Å²) in [4.78, 5) is 12.6. The molecule has 0 saturated heterocycles. The highest BCUT2D eigenvalue weighted by atomic mass is 79.9. The summed E-state index contributed by atoms with van der Waals surface area (Å²) in [6.07, 6.45) is 0.633. The highest BCUT2D eigenvalue weighted by Gasteiger charge is 2.31. The smallest absolute Gasteiger partial charge is 0.324 e. The Morgan fingerprint density at radius 2 is 1.73 bits per heavy atom. The van der Waals surface area contributed by atoms with Gasteiger partial charge in [0.2, 0.25) is 10.0 Å². The Labute approximate surface area is 162 Å². The molecule has 0 amide bonds. The van der Waals surface area contributed by atoms with Gasteiger partial charge in [-0.15, -0.1) is 0 Å². The second kappa shape index (κ2) is 9.30. The molecule has 0 saturated carbocycles. The van der Waals surface area contributed by atoms with Gasteiger partial charge in [-0.1, -0.05) is 66.5 Å². The van der Waals surface area contributed by atoms with Crippen LogP contribution in [0.2, 0.25) is 0 Å². The van der Waals surface area contributed by atoms with Crippen molar-refractivity contribution in [1.29, 1.82) is 0 Å².